The minimum Gasteiger partial charge on any atom is -0.497 e. The van der Waals surface area contributed by atoms with Crippen LogP contribution in [0.1, 0.15) is 11.1 Å². The number of hydrogen-bond donors (Lipinski definition) is 2. The van der Waals surface area contributed by atoms with E-state index in [2.05, 4.69) is 39.5 Å². The Labute approximate surface area is 143 Å². The van der Waals surface area contributed by atoms with Crippen LogP contribution >= 0.6 is 0 Å². The monoisotopic (exact) mass is 324 g/mol. The van der Waals surface area contributed by atoms with Crippen molar-refractivity contribution < 1.29 is 4.74 Å². The first-order valence-corrected chi connectivity index (χ1v) is 8.25. The molecule has 0 saturated carbocycles. The second-order valence-corrected chi connectivity index (χ2v) is 5.92. The molecule has 0 spiro atoms. The van der Waals surface area contributed by atoms with E-state index in [1.807, 2.05) is 24.3 Å². The van der Waals surface area contributed by atoms with Crippen LogP contribution in [0.4, 0.5) is 5.69 Å². The summed E-state index contributed by atoms with van der Waals surface area (Å²) in [6.45, 7) is 3.69. The summed E-state index contributed by atoms with van der Waals surface area (Å²) in [5, 5.41) is 3.10. The van der Waals surface area contributed by atoms with Gasteiger partial charge in [-0.3, -0.25) is 9.89 Å². The maximum atomic E-state index is 5.96. The summed E-state index contributed by atoms with van der Waals surface area (Å²) in [5.74, 6) is 1.26. The molecule has 2 aromatic rings. The number of methoxy groups -OCH3 is 1. The van der Waals surface area contributed by atoms with Crippen molar-refractivity contribution in [3.63, 3.8) is 0 Å². The Balaban J connectivity index is 1.47. The van der Waals surface area contributed by atoms with E-state index in [1.54, 1.807) is 7.11 Å². The van der Waals surface area contributed by atoms with Gasteiger partial charge in [0.25, 0.3) is 0 Å². The van der Waals surface area contributed by atoms with E-state index in [1.165, 1.54) is 11.1 Å². The first-order valence-electron chi connectivity index (χ1n) is 8.25. The first-order chi connectivity index (χ1) is 11.7. The lowest BCUT2D eigenvalue weighted by Crippen LogP contribution is -2.33. The molecule has 1 aliphatic heterocycles. The zero-order valence-corrected chi connectivity index (χ0v) is 14.0. The number of guanidine groups is 1. The molecule has 5 heteroatoms. The maximum absolute atomic E-state index is 5.96. The smallest absolute Gasteiger partial charge is 0.193 e. The Morgan fingerprint density at radius 3 is 2.67 bits per heavy atom. The number of hydrogen-bond acceptors (Lipinski definition) is 3. The Morgan fingerprint density at radius 1 is 1.17 bits per heavy atom. The number of ether oxygens (including phenoxy) is 1. The highest BCUT2D eigenvalue weighted by atomic mass is 16.5. The van der Waals surface area contributed by atoms with Gasteiger partial charge in [-0.25, -0.2) is 0 Å². The van der Waals surface area contributed by atoms with Crippen molar-refractivity contribution in [2.75, 3.05) is 32.1 Å². The van der Waals surface area contributed by atoms with Gasteiger partial charge in [0.05, 0.1) is 13.7 Å². The summed E-state index contributed by atoms with van der Waals surface area (Å²) < 4.78 is 5.14. The highest BCUT2D eigenvalue weighted by Gasteiger charge is 2.14. The molecule has 2 aromatic carbocycles. The summed E-state index contributed by atoms with van der Waals surface area (Å²) in [6.07, 6.45) is 1.11. The predicted molar refractivity (Wildman–Crippen MR) is 98.5 cm³/mol. The molecular weight excluding hydrogens is 300 g/mol. The molecule has 24 heavy (non-hydrogen) atoms. The molecule has 0 bridgehead atoms. The lowest BCUT2D eigenvalue weighted by Gasteiger charge is -2.28. The van der Waals surface area contributed by atoms with Crippen LogP contribution < -0.4 is 15.8 Å². The molecule has 1 aliphatic rings. The van der Waals surface area contributed by atoms with Gasteiger partial charge >= 0.3 is 0 Å². The van der Waals surface area contributed by atoms with Crippen LogP contribution in [0.15, 0.2) is 53.5 Å². The lowest BCUT2D eigenvalue weighted by molar-refractivity contribution is 0.262. The Bertz CT molecular complexity index is 697. The quantitative estimate of drug-likeness (QED) is 0.655. The average Bonchev–Trinajstić information content (AvgIpc) is 2.62. The summed E-state index contributed by atoms with van der Waals surface area (Å²) >= 11 is 0. The van der Waals surface area contributed by atoms with Crippen LogP contribution in [0, 0.1) is 0 Å². The summed E-state index contributed by atoms with van der Waals surface area (Å²) in [5.41, 5.74) is 9.76. The van der Waals surface area contributed by atoms with Gasteiger partial charge in [0.2, 0.25) is 0 Å². The topological polar surface area (TPSA) is 62.9 Å². The molecule has 0 amide bonds. The second kappa shape index (κ2) is 7.84. The Morgan fingerprint density at radius 2 is 1.92 bits per heavy atom. The fourth-order valence-corrected chi connectivity index (χ4v) is 2.92. The number of benzene rings is 2. The predicted octanol–water partition coefficient (Wildman–Crippen LogP) is 2.48. The van der Waals surface area contributed by atoms with Crippen molar-refractivity contribution in [2.45, 2.75) is 13.0 Å². The molecule has 0 fully saturated rings. The first kappa shape index (κ1) is 16.3. The van der Waals surface area contributed by atoms with E-state index in [0.717, 1.165) is 37.5 Å². The molecule has 0 aliphatic carbocycles. The normalized spacial score (nSPS) is 15.0. The minimum atomic E-state index is 0.442. The van der Waals surface area contributed by atoms with Crippen molar-refractivity contribution >= 4 is 11.6 Å². The van der Waals surface area contributed by atoms with Gasteiger partial charge in [0.1, 0.15) is 5.75 Å². The number of nitrogens with two attached hydrogens (primary N) is 1. The van der Waals surface area contributed by atoms with Gasteiger partial charge in [0.15, 0.2) is 5.96 Å². The highest BCUT2D eigenvalue weighted by molar-refractivity contribution is 5.92. The minimum absolute atomic E-state index is 0.442. The van der Waals surface area contributed by atoms with E-state index < -0.39 is 0 Å². The maximum Gasteiger partial charge on any atom is 0.193 e. The van der Waals surface area contributed by atoms with Crippen molar-refractivity contribution in [1.82, 2.24) is 4.90 Å². The van der Waals surface area contributed by atoms with Gasteiger partial charge in [0, 0.05) is 25.3 Å². The van der Waals surface area contributed by atoms with E-state index in [4.69, 9.17) is 10.5 Å². The molecule has 3 rings (SSSR count). The Hall–Kier alpha value is -2.53. The van der Waals surface area contributed by atoms with Crippen LogP contribution in [0.25, 0.3) is 0 Å². The van der Waals surface area contributed by atoms with Crippen LogP contribution in [0.5, 0.6) is 5.75 Å². The molecule has 5 nitrogen and oxygen atoms in total. The zero-order chi connectivity index (χ0) is 16.8. The van der Waals surface area contributed by atoms with Crippen molar-refractivity contribution in [3.8, 4) is 5.75 Å². The number of aliphatic imine (C=N–C) groups is 1. The van der Waals surface area contributed by atoms with Gasteiger partial charge < -0.3 is 15.8 Å². The number of anilines is 1. The average molecular weight is 324 g/mol. The molecular formula is C19H24N4O. The largest absolute Gasteiger partial charge is 0.497 e. The van der Waals surface area contributed by atoms with Crippen molar-refractivity contribution in [3.05, 3.63) is 59.7 Å². The van der Waals surface area contributed by atoms with E-state index in [9.17, 15) is 0 Å². The third kappa shape index (κ3) is 4.26. The zero-order valence-electron chi connectivity index (χ0n) is 14.0. The second-order valence-electron chi connectivity index (χ2n) is 5.92. The van der Waals surface area contributed by atoms with Gasteiger partial charge in [-0.2, -0.15) is 0 Å². The fourth-order valence-electron chi connectivity index (χ4n) is 2.92. The number of rotatable bonds is 5. The molecule has 0 radical (unpaired) electrons. The van der Waals surface area contributed by atoms with Crippen LogP contribution in [0.3, 0.4) is 0 Å². The highest BCUT2D eigenvalue weighted by Crippen LogP contribution is 2.18. The summed E-state index contributed by atoms with van der Waals surface area (Å²) in [7, 11) is 1.65. The summed E-state index contributed by atoms with van der Waals surface area (Å²) in [6, 6.07) is 16.3. The van der Waals surface area contributed by atoms with E-state index >= 15 is 0 Å². The number of nitrogens with one attached hydrogen (secondary N) is 1. The van der Waals surface area contributed by atoms with Crippen LogP contribution in [-0.4, -0.2) is 37.6 Å². The Kier molecular flexibility index (Phi) is 5.33. The standard InChI is InChI=1S/C19H24N4O/c1-24-18-8-6-17(7-9-18)22-19(20)21-11-13-23-12-10-15-4-2-3-5-16(15)14-23/h2-9H,10-14H2,1H3,(H3,20,21,22). The van der Waals surface area contributed by atoms with E-state index in [0.29, 0.717) is 12.5 Å². The van der Waals surface area contributed by atoms with Gasteiger partial charge in [-0.1, -0.05) is 24.3 Å². The molecule has 1 heterocycles. The van der Waals surface area contributed by atoms with Gasteiger partial charge in [-0.15, -0.1) is 0 Å². The third-order valence-electron chi connectivity index (χ3n) is 4.27. The van der Waals surface area contributed by atoms with Crippen molar-refractivity contribution in [1.29, 1.82) is 0 Å². The molecule has 0 saturated heterocycles. The molecule has 0 aromatic heterocycles. The van der Waals surface area contributed by atoms with Crippen LogP contribution in [-0.2, 0) is 13.0 Å². The third-order valence-corrected chi connectivity index (χ3v) is 4.27. The lowest BCUT2D eigenvalue weighted by atomic mass is 10.0. The molecule has 0 unspecified atom stereocenters. The molecule has 3 N–H and O–H groups in total. The summed E-state index contributed by atoms with van der Waals surface area (Å²) in [4.78, 5) is 6.85. The van der Waals surface area contributed by atoms with Crippen molar-refractivity contribution in [2.24, 2.45) is 10.7 Å². The molecule has 0 atom stereocenters. The molecule has 126 valence electrons. The fraction of sp³-hybridized carbons (Fsp3) is 0.316. The van der Waals surface area contributed by atoms with E-state index in [-0.39, 0.29) is 0 Å². The van der Waals surface area contributed by atoms with Gasteiger partial charge in [-0.05, 0) is 41.8 Å². The van der Waals surface area contributed by atoms with Crippen LogP contribution in [0.2, 0.25) is 0 Å². The SMILES string of the molecule is COc1ccc(NC(N)=NCCN2CCc3ccccc3C2)cc1. The number of fused-ring (bicyclic) bond motifs is 1. The number of nitrogens with zero attached hydrogens (tertiary/aromatic N) is 2.